The molecule has 1 aliphatic heterocycles. The molecular formula is C20H24N6O. The van der Waals surface area contributed by atoms with Gasteiger partial charge in [0.1, 0.15) is 5.82 Å². The van der Waals surface area contributed by atoms with Crippen molar-refractivity contribution >= 4 is 16.7 Å². The lowest BCUT2D eigenvalue weighted by molar-refractivity contribution is -0.000650. The van der Waals surface area contributed by atoms with E-state index in [-0.39, 0.29) is 5.54 Å². The lowest BCUT2D eigenvalue weighted by atomic mass is 9.88. The molecule has 27 heavy (non-hydrogen) atoms. The first-order valence-corrected chi connectivity index (χ1v) is 9.19. The maximum Gasteiger partial charge on any atom is 0.162 e. The van der Waals surface area contributed by atoms with E-state index in [9.17, 15) is 0 Å². The van der Waals surface area contributed by atoms with Gasteiger partial charge in [-0.2, -0.15) is 0 Å². The summed E-state index contributed by atoms with van der Waals surface area (Å²) in [6.07, 6.45) is 9.05. The van der Waals surface area contributed by atoms with Crippen LogP contribution in [0, 0.1) is 0 Å². The van der Waals surface area contributed by atoms with Crippen molar-refractivity contribution in [2.75, 3.05) is 39.2 Å². The molecule has 0 aliphatic carbocycles. The maximum atomic E-state index is 5.58. The van der Waals surface area contributed by atoms with Gasteiger partial charge in [0, 0.05) is 54.8 Å². The summed E-state index contributed by atoms with van der Waals surface area (Å²) < 4.78 is 5.58. The predicted molar refractivity (Wildman–Crippen MR) is 106 cm³/mol. The first-order valence-electron chi connectivity index (χ1n) is 9.19. The Bertz CT molecular complexity index is 909. The first-order chi connectivity index (χ1) is 13.2. The summed E-state index contributed by atoms with van der Waals surface area (Å²) >= 11 is 0. The van der Waals surface area contributed by atoms with Crippen molar-refractivity contribution in [2.24, 2.45) is 0 Å². The van der Waals surface area contributed by atoms with Gasteiger partial charge in [-0.15, -0.1) is 0 Å². The average molecular weight is 364 g/mol. The van der Waals surface area contributed by atoms with Gasteiger partial charge >= 0.3 is 0 Å². The zero-order chi connectivity index (χ0) is 18.7. The van der Waals surface area contributed by atoms with Gasteiger partial charge in [-0.1, -0.05) is 0 Å². The van der Waals surface area contributed by atoms with Crippen LogP contribution in [0.2, 0.25) is 0 Å². The van der Waals surface area contributed by atoms with E-state index in [4.69, 9.17) is 9.72 Å². The van der Waals surface area contributed by atoms with Gasteiger partial charge in [-0.25, -0.2) is 9.97 Å². The van der Waals surface area contributed by atoms with Crippen LogP contribution in [0.4, 0.5) is 5.82 Å². The van der Waals surface area contributed by atoms with E-state index < -0.39 is 0 Å². The molecule has 1 fully saturated rings. The molecule has 0 saturated carbocycles. The fraction of sp³-hybridized carbons (Fsp3) is 0.400. The van der Waals surface area contributed by atoms with E-state index in [2.05, 4.69) is 39.3 Å². The number of anilines is 1. The largest absolute Gasteiger partial charge is 0.381 e. The van der Waals surface area contributed by atoms with E-state index in [0.717, 1.165) is 54.9 Å². The number of likely N-dealkylation sites (N-methyl/N-ethyl adjacent to an activating group) is 1. The highest BCUT2D eigenvalue weighted by molar-refractivity contribution is 5.89. The molecule has 4 rings (SSSR count). The van der Waals surface area contributed by atoms with Crippen LogP contribution in [0.15, 0.2) is 43.0 Å². The van der Waals surface area contributed by atoms with Crippen molar-refractivity contribution in [3.63, 3.8) is 0 Å². The molecule has 0 bridgehead atoms. The van der Waals surface area contributed by atoms with E-state index in [1.54, 1.807) is 24.8 Å². The summed E-state index contributed by atoms with van der Waals surface area (Å²) in [7, 11) is 4.27. The Hall–Kier alpha value is -2.64. The number of aromatic nitrogens is 4. The van der Waals surface area contributed by atoms with Crippen LogP contribution in [0.1, 0.15) is 12.8 Å². The van der Waals surface area contributed by atoms with Gasteiger partial charge in [0.15, 0.2) is 5.82 Å². The molecule has 7 heteroatoms. The number of ether oxygens (including phenoxy) is 1. The van der Waals surface area contributed by atoms with Crippen molar-refractivity contribution in [2.45, 2.75) is 18.4 Å². The fourth-order valence-corrected chi connectivity index (χ4v) is 3.53. The van der Waals surface area contributed by atoms with Gasteiger partial charge in [-0.3, -0.25) is 9.97 Å². The lowest BCUT2D eigenvalue weighted by Gasteiger charge is -2.43. The second-order valence-electron chi connectivity index (χ2n) is 7.11. The molecule has 1 saturated heterocycles. The fourth-order valence-electron chi connectivity index (χ4n) is 3.53. The van der Waals surface area contributed by atoms with Crippen molar-refractivity contribution in [1.82, 2.24) is 24.8 Å². The molecule has 0 unspecified atom stereocenters. The van der Waals surface area contributed by atoms with Crippen LogP contribution >= 0.6 is 0 Å². The molecule has 1 aliphatic rings. The zero-order valence-corrected chi connectivity index (χ0v) is 15.7. The highest BCUT2D eigenvalue weighted by Crippen LogP contribution is 2.29. The highest BCUT2D eigenvalue weighted by Gasteiger charge is 2.34. The molecule has 3 aromatic rings. The second kappa shape index (κ2) is 7.54. The van der Waals surface area contributed by atoms with Crippen LogP contribution < -0.4 is 5.32 Å². The number of rotatable bonds is 5. The Morgan fingerprint density at radius 1 is 1.04 bits per heavy atom. The number of fused-ring (bicyclic) bond motifs is 1. The third-order valence-electron chi connectivity index (χ3n) is 5.39. The van der Waals surface area contributed by atoms with Gasteiger partial charge in [-0.05, 0) is 45.1 Å². The monoisotopic (exact) mass is 364 g/mol. The van der Waals surface area contributed by atoms with Crippen LogP contribution in [-0.2, 0) is 4.74 Å². The summed E-state index contributed by atoms with van der Waals surface area (Å²) in [5.74, 6) is 1.51. The van der Waals surface area contributed by atoms with Crippen LogP contribution in [0.5, 0.6) is 0 Å². The number of nitrogens with one attached hydrogen (secondary N) is 1. The molecular weight excluding hydrogens is 340 g/mol. The molecule has 0 spiro atoms. The van der Waals surface area contributed by atoms with Gasteiger partial charge in [0.25, 0.3) is 0 Å². The molecule has 0 atom stereocenters. The topological polar surface area (TPSA) is 76.1 Å². The minimum Gasteiger partial charge on any atom is -0.381 e. The molecule has 0 aromatic carbocycles. The number of nitrogens with zero attached hydrogens (tertiary/aromatic N) is 5. The summed E-state index contributed by atoms with van der Waals surface area (Å²) in [5.41, 5.74) is 1.82. The van der Waals surface area contributed by atoms with Crippen molar-refractivity contribution in [3.05, 3.63) is 43.0 Å². The predicted octanol–water partition coefficient (Wildman–Crippen LogP) is 2.61. The molecule has 3 aromatic heterocycles. The summed E-state index contributed by atoms with van der Waals surface area (Å²) in [6, 6.07) is 5.79. The van der Waals surface area contributed by atoms with Crippen LogP contribution in [0.25, 0.3) is 22.3 Å². The standard InChI is InChI=1S/C20H24N6O/c1-26(2)20(6-11-27-12-7-20)14-23-19-16-5-10-22-13-17(16)24-18(25-19)15-3-8-21-9-4-15/h3-5,8-10,13H,6-7,11-12,14H2,1-2H3,(H,23,24,25). The molecule has 4 heterocycles. The van der Waals surface area contributed by atoms with E-state index in [1.807, 2.05) is 18.2 Å². The zero-order valence-electron chi connectivity index (χ0n) is 15.7. The molecule has 0 radical (unpaired) electrons. The quantitative estimate of drug-likeness (QED) is 0.746. The Balaban J connectivity index is 1.70. The smallest absolute Gasteiger partial charge is 0.162 e. The molecule has 7 nitrogen and oxygen atoms in total. The Labute approximate surface area is 158 Å². The van der Waals surface area contributed by atoms with Crippen LogP contribution in [0.3, 0.4) is 0 Å². The summed E-state index contributed by atoms with van der Waals surface area (Å²) in [4.78, 5) is 20.1. The van der Waals surface area contributed by atoms with Crippen molar-refractivity contribution < 1.29 is 4.74 Å². The normalized spacial score (nSPS) is 16.6. The highest BCUT2D eigenvalue weighted by atomic mass is 16.5. The van der Waals surface area contributed by atoms with Gasteiger partial charge < -0.3 is 15.0 Å². The van der Waals surface area contributed by atoms with Gasteiger partial charge in [0.2, 0.25) is 0 Å². The minimum absolute atomic E-state index is 0.0549. The summed E-state index contributed by atoms with van der Waals surface area (Å²) in [6.45, 7) is 2.38. The van der Waals surface area contributed by atoms with Crippen molar-refractivity contribution in [3.8, 4) is 11.4 Å². The number of hydrogen-bond donors (Lipinski definition) is 1. The number of hydrogen-bond acceptors (Lipinski definition) is 7. The Morgan fingerprint density at radius 3 is 2.52 bits per heavy atom. The average Bonchev–Trinajstić information content (AvgIpc) is 2.73. The number of pyridine rings is 2. The van der Waals surface area contributed by atoms with E-state index in [0.29, 0.717) is 5.82 Å². The van der Waals surface area contributed by atoms with E-state index in [1.165, 1.54) is 0 Å². The third kappa shape index (κ3) is 3.61. The van der Waals surface area contributed by atoms with Gasteiger partial charge in [0.05, 0.1) is 11.7 Å². The molecule has 140 valence electrons. The Morgan fingerprint density at radius 2 is 1.78 bits per heavy atom. The Kier molecular flexibility index (Phi) is 4.96. The second-order valence-corrected chi connectivity index (χ2v) is 7.11. The first kappa shape index (κ1) is 17.8. The lowest BCUT2D eigenvalue weighted by Crippen LogP contribution is -2.53. The summed E-state index contributed by atoms with van der Waals surface area (Å²) in [5, 5.41) is 4.57. The maximum absolute atomic E-state index is 5.58. The molecule has 1 N–H and O–H groups in total. The van der Waals surface area contributed by atoms with Crippen LogP contribution in [-0.4, -0.2) is 64.2 Å². The molecule has 0 amide bonds. The SMILES string of the molecule is CN(C)C1(CNc2nc(-c3ccncc3)nc3cnccc23)CCOCC1. The van der Waals surface area contributed by atoms with Crippen molar-refractivity contribution in [1.29, 1.82) is 0 Å². The minimum atomic E-state index is 0.0549. The van der Waals surface area contributed by atoms with E-state index >= 15 is 0 Å². The third-order valence-corrected chi connectivity index (χ3v) is 5.39.